The van der Waals surface area contributed by atoms with Gasteiger partial charge in [0.05, 0.1) is 0 Å². The summed E-state index contributed by atoms with van der Waals surface area (Å²) in [4.78, 5) is 0. The van der Waals surface area contributed by atoms with Crippen LogP contribution in [0.25, 0.3) is 16.5 Å². The summed E-state index contributed by atoms with van der Waals surface area (Å²) < 4.78 is 2.12. The van der Waals surface area contributed by atoms with E-state index in [1.54, 1.807) is 0 Å². The quantitative estimate of drug-likeness (QED) is 0.681. The molecule has 3 heteroatoms. The number of rotatable bonds is 2. The van der Waals surface area contributed by atoms with Crippen LogP contribution in [0.1, 0.15) is 11.1 Å². The van der Waals surface area contributed by atoms with Crippen LogP contribution in [0.5, 0.6) is 0 Å². The number of aromatic nitrogens is 1. The summed E-state index contributed by atoms with van der Waals surface area (Å²) in [5, 5.41) is 5.25. The van der Waals surface area contributed by atoms with E-state index < -0.39 is 5.54 Å². The first kappa shape index (κ1) is 14.2. The van der Waals surface area contributed by atoms with Gasteiger partial charge in [0.15, 0.2) is 0 Å². The molecule has 0 amide bonds. The lowest BCUT2D eigenvalue weighted by Crippen LogP contribution is -2.32. The van der Waals surface area contributed by atoms with Crippen molar-refractivity contribution in [1.29, 1.82) is 0 Å². The van der Waals surface area contributed by atoms with Gasteiger partial charge in [0.2, 0.25) is 0 Å². The topological polar surface area (TPSA) is 17.0 Å². The molecule has 1 aliphatic heterocycles. The van der Waals surface area contributed by atoms with Gasteiger partial charge in [-0.15, -0.1) is 0 Å². The predicted molar refractivity (Wildman–Crippen MR) is 98.7 cm³/mol. The van der Waals surface area contributed by atoms with Crippen molar-refractivity contribution < 1.29 is 0 Å². The fourth-order valence-corrected chi connectivity index (χ4v) is 3.85. The van der Waals surface area contributed by atoms with Crippen molar-refractivity contribution in [3.63, 3.8) is 0 Å². The van der Waals surface area contributed by atoms with E-state index in [2.05, 4.69) is 47.4 Å². The van der Waals surface area contributed by atoms with E-state index in [1.165, 1.54) is 0 Å². The predicted octanol–water partition coefficient (Wildman–Crippen LogP) is 5.27. The average molecular weight is 321 g/mol. The summed E-state index contributed by atoms with van der Waals surface area (Å²) in [6.07, 6.45) is 2.11. The molecule has 114 valence electrons. The maximum absolute atomic E-state index is 6.54. The number of para-hydroxylation sites is 2. The van der Waals surface area contributed by atoms with Gasteiger partial charge in [0, 0.05) is 46.0 Å². The molecular formula is C20H17ClN2. The van der Waals surface area contributed by atoms with E-state index in [9.17, 15) is 0 Å². The van der Waals surface area contributed by atoms with Crippen LogP contribution in [0.4, 0.5) is 5.69 Å². The standard InChI is InChI=1S/C20H17ClN2/c1-13-15-8-4-6-10-18(15)22-20(13,14(2)21)17-12-23(3)19-11-7-5-9-16(17)19/h4-12,22H,1-2H2,3H3. The Morgan fingerprint density at radius 3 is 2.57 bits per heavy atom. The summed E-state index contributed by atoms with van der Waals surface area (Å²) in [7, 11) is 2.04. The summed E-state index contributed by atoms with van der Waals surface area (Å²) >= 11 is 6.54. The van der Waals surface area contributed by atoms with Crippen LogP contribution >= 0.6 is 11.6 Å². The van der Waals surface area contributed by atoms with E-state index >= 15 is 0 Å². The van der Waals surface area contributed by atoms with Crippen molar-refractivity contribution in [1.82, 2.24) is 4.57 Å². The summed E-state index contributed by atoms with van der Waals surface area (Å²) in [6.45, 7) is 8.41. The number of benzene rings is 2. The number of nitrogens with zero attached hydrogens (tertiary/aromatic N) is 1. The highest BCUT2D eigenvalue weighted by Crippen LogP contribution is 2.53. The first-order valence-electron chi connectivity index (χ1n) is 7.52. The summed E-state index contributed by atoms with van der Waals surface area (Å²) in [6, 6.07) is 16.4. The Balaban J connectivity index is 2.04. The van der Waals surface area contributed by atoms with Crippen LogP contribution in [0, 0.1) is 0 Å². The van der Waals surface area contributed by atoms with Crippen LogP contribution in [-0.2, 0) is 12.6 Å². The second kappa shape index (κ2) is 4.77. The highest BCUT2D eigenvalue weighted by atomic mass is 35.5. The molecule has 1 unspecified atom stereocenters. The molecule has 2 heterocycles. The van der Waals surface area contributed by atoms with Gasteiger partial charge in [0.25, 0.3) is 0 Å². The third-order valence-corrected chi connectivity index (χ3v) is 5.02. The fourth-order valence-electron chi connectivity index (χ4n) is 3.58. The first-order chi connectivity index (χ1) is 11.1. The summed E-state index contributed by atoms with van der Waals surface area (Å²) in [5.41, 5.74) is 4.60. The lowest BCUT2D eigenvalue weighted by Gasteiger charge is -2.31. The molecule has 0 fully saturated rings. The Hall–Kier alpha value is -2.45. The van der Waals surface area contributed by atoms with Gasteiger partial charge >= 0.3 is 0 Å². The average Bonchev–Trinajstić information content (AvgIpc) is 3.05. The van der Waals surface area contributed by atoms with E-state index in [4.69, 9.17) is 11.6 Å². The van der Waals surface area contributed by atoms with Gasteiger partial charge in [0.1, 0.15) is 5.54 Å². The zero-order valence-corrected chi connectivity index (χ0v) is 13.7. The Labute approximate surface area is 140 Å². The van der Waals surface area contributed by atoms with E-state index in [1.807, 2.05) is 37.4 Å². The number of hydrogen-bond acceptors (Lipinski definition) is 1. The van der Waals surface area contributed by atoms with Gasteiger partial charge in [-0.25, -0.2) is 0 Å². The van der Waals surface area contributed by atoms with Crippen molar-refractivity contribution in [3.05, 3.63) is 84.0 Å². The van der Waals surface area contributed by atoms with Crippen molar-refractivity contribution in [2.45, 2.75) is 5.54 Å². The molecule has 1 aromatic heterocycles. The lowest BCUT2D eigenvalue weighted by molar-refractivity contribution is 0.810. The molecule has 0 aliphatic carbocycles. The molecule has 3 aromatic rings. The van der Waals surface area contributed by atoms with Crippen molar-refractivity contribution in [3.8, 4) is 0 Å². The SMILES string of the molecule is C=C(Cl)C1(c2cn(C)c3ccccc23)Nc2ccccc2C1=C. The molecule has 0 bridgehead atoms. The molecule has 0 saturated heterocycles. The number of anilines is 1. The third kappa shape index (κ3) is 1.76. The van der Waals surface area contributed by atoms with Gasteiger partial charge in [-0.05, 0) is 17.7 Å². The van der Waals surface area contributed by atoms with Crippen LogP contribution in [0.3, 0.4) is 0 Å². The fraction of sp³-hybridized carbons (Fsp3) is 0.100. The third-order valence-electron chi connectivity index (χ3n) is 4.73. The number of nitrogens with one attached hydrogen (secondary N) is 1. The maximum Gasteiger partial charge on any atom is 0.126 e. The molecule has 1 aliphatic rings. The molecule has 4 rings (SSSR count). The Bertz CT molecular complexity index is 967. The van der Waals surface area contributed by atoms with Gasteiger partial charge in [-0.1, -0.05) is 61.2 Å². The summed E-state index contributed by atoms with van der Waals surface area (Å²) in [5.74, 6) is 0. The number of fused-ring (bicyclic) bond motifs is 2. The molecule has 0 radical (unpaired) electrons. The first-order valence-corrected chi connectivity index (χ1v) is 7.90. The molecule has 2 aromatic carbocycles. The highest BCUT2D eigenvalue weighted by Gasteiger charge is 2.45. The minimum Gasteiger partial charge on any atom is -0.367 e. The maximum atomic E-state index is 6.54. The Morgan fingerprint density at radius 2 is 1.83 bits per heavy atom. The molecule has 1 atom stereocenters. The van der Waals surface area contributed by atoms with Crippen LogP contribution in [0.2, 0.25) is 0 Å². The Kier molecular flexibility index (Phi) is 2.94. The second-order valence-corrected chi connectivity index (χ2v) is 6.43. The number of hydrogen-bond donors (Lipinski definition) is 1. The molecule has 0 spiro atoms. The van der Waals surface area contributed by atoms with E-state index in [0.717, 1.165) is 33.3 Å². The van der Waals surface area contributed by atoms with Crippen LogP contribution in [-0.4, -0.2) is 4.57 Å². The highest BCUT2D eigenvalue weighted by molar-refractivity contribution is 6.32. The normalized spacial score (nSPS) is 19.7. The minimum absolute atomic E-state index is 0.523. The zero-order valence-electron chi connectivity index (χ0n) is 12.9. The molecule has 2 nitrogen and oxygen atoms in total. The lowest BCUT2D eigenvalue weighted by atomic mass is 9.83. The number of halogens is 1. The molecule has 1 N–H and O–H groups in total. The second-order valence-electron chi connectivity index (χ2n) is 5.97. The molecule has 23 heavy (non-hydrogen) atoms. The van der Waals surface area contributed by atoms with Gasteiger partial charge in [-0.2, -0.15) is 0 Å². The van der Waals surface area contributed by atoms with Crippen LogP contribution < -0.4 is 5.32 Å². The Morgan fingerprint density at radius 1 is 1.13 bits per heavy atom. The minimum atomic E-state index is -0.688. The van der Waals surface area contributed by atoms with E-state index in [0.29, 0.717) is 5.03 Å². The zero-order chi connectivity index (χ0) is 16.2. The van der Waals surface area contributed by atoms with Crippen LogP contribution in [0.15, 0.2) is 72.9 Å². The molecule has 0 saturated carbocycles. The van der Waals surface area contributed by atoms with Crippen molar-refractivity contribution in [2.24, 2.45) is 7.05 Å². The largest absolute Gasteiger partial charge is 0.367 e. The van der Waals surface area contributed by atoms with Gasteiger partial charge < -0.3 is 9.88 Å². The van der Waals surface area contributed by atoms with Gasteiger partial charge in [-0.3, -0.25) is 0 Å². The number of aryl methyl sites for hydroxylation is 1. The van der Waals surface area contributed by atoms with Crippen molar-refractivity contribution >= 4 is 33.8 Å². The smallest absolute Gasteiger partial charge is 0.126 e. The molecular weight excluding hydrogens is 304 g/mol. The van der Waals surface area contributed by atoms with Crippen molar-refractivity contribution in [2.75, 3.05) is 5.32 Å². The van der Waals surface area contributed by atoms with E-state index in [-0.39, 0.29) is 0 Å². The monoisotopic (exact) mass is 320 g/mol.